The molecule has 1 aliphatic rings. The first-order chi connectivity index (χ1) is 9.88. The molecule has 0 spiro atoms. The first-order valence-corrected chi connectivity index (χ1v) is 7.58. The van der Waals surface area contributed by atoms with Gasteiger partial charge in [0.15, 0.2) is 0 Å². The number of ether oxygens (including phenoxy) is 1. The van der Waals surface area contributed by atoms with E-state index in [4.69, 9.17) is 4.74 Å². The maximum absolute atomic E-state index is 5.98. The van der Waals surface area contributed by atoms with Crippen LogP contribution in [0, 0.1) is 0 Å². The summed E-state index contributed by atoms with van der Waals surface area (Å²) in [5, 5.41) is 4.77. The summed E-state index contributed by atoms with van der Waals surface area (Å²) in [5.41, 5.74) is 2.34. The fourth-order valence-electron chi connectivity index (χ4n) is 2.99. The largest absolute Gasteiger partial charge is 0.376 e. The van der Waals surface area contributed by atoms with Gasteiger partial charge >= 0.3 is 0 Å². The normalized spacial score (nSPS) is 20.9. The van der Waals surface area contributed by atoms with Crippen LogP contribution in [0.2, 0.25) is 0 Å². The fraction of sp³-hybridized carbons (Fsp3) is 0.471. The maximum atomic E-state index is 5.98. The molecule has 1 aromatic carbocycles. The number of aromatic nitrogens is 1. The van der Waals surface area contributed by atoms with Crippen LogP contribution in [0.15, 0.2) is 36.5 Å². The lowest BCUT2D eigenvalue weighted by atomic mass is 9.95. The third-order valence-electron chi connectivity index (χ3n) is 4.00. The summed E-state index contributed by atoms with van der Waals surface area (Å²) >= 11 is 0. The second-order valence-corrected chi connectivity index (χ2v) is 5.40. The lowest BCUT2D eigenvalue weighted by molar-refractivity contribution is -0.00783. The fourth-order valence-corrected chi connectivity index (χ4v) is 2.99. The lowest BCUT2D eigenvalue weighted by Crippen LogP contribution is -2.35. The van der Waals surface area contributed by atoms with Gasteiger partial charge in [0.1, 0.15) is 0 Å². The van der Waals surface area contributed by atoms with Gasteiger partial charge in [0.2, 0.25) is 0 Å². The molecule has 3 heteroatoms. The van der Waals surface area contributed by atoms with E-state index in [0.29, 0.717) is 0 Å². The third kappa shape index (κ3) is 2.84. The van der Waals surface area contributed by atoms with Crippen molar-refractivity contribution in [3.63, 3.8) is 0 Å². The van der Waals surface area contributed by atoms with Crippen molar-refractivity contribution in [1.82, 2.24) is 10.3 Å². The van der Waals surface area contributed by atoms with E-state index in [1.54, 1.807) is 0 Å². The molecule has 2 aromatic rings. The van der Waals surface area contributed by atoms with Crippen molar-refractivity contribution in [2.45, 2.75) is 38.3 Å². The number of fused-ring (bicyclic) bond motifs is 1. The molecule has 1 aromatic heterocycles. The van der Waals surface area contributed by atoms with Crippen LogP contribution in [0.4, 0.5) is 0 Å². The summed E-state index contributed by atoms with van der Waals surface area (Å²) in [6.45, 7) is 3.98. The van der Waals surface area contributed by atoms with Crippen LogP contribution in [0.3, 0.4) is 0 Å². The zero-order valence-electron chi connectivity index (χ0n) is 12.0. The first-order valence-electron chi connectivity index (χ1n) is 7.58. The summed E-state index contributed by atoms with van der Waals surface area (Å²) in [6.07, 6.45) is 5.72. The average molecular weight is 270 g/mol. The molecule has 0 bridgehead atoms. The number of benzene rings is 1. The van der Waals surface area contributed by atoms with E-state index < -0.39 is 0 Å². The third-order valence-corrected chi connectivity index (χ3v) is 4.00. The van der Waals surface area contributed by atoms with Crippen molar-refractivity contribution in [2.75, 3.05) is 13.2 Å². The maximum Gasteiger partial charge on any atom is 0.0769 e. The molecule has 0 amide bonds. The van der Waals surface area contributed by atoms with Crippen LogP contribution in [-0.4, -0.2) is 24.2 Å². The van der Waals surface area contributed by atoms with E-state index in [1.807, 2.05) is 12.3 Å². The lowest BCUT2D eigenvalue weighted by Gasteiger charge is -2.31. The van der Waals surface area contributed by atoms with Gasteiger partial charge in [-0.3, -0.25) is 4.98 Å². The van der Waals surface area contributed by atoms with Crippen LogP contribution in [0.25, 0.3) is 10.9 Å². The topological polar surface area (TPSA) is 34.2 Å². The number of rotatable bonds is 4. The van der Waals surface area contributed by atoms with Gasteiger partial charge in [0.25, 0.3) is 0 Å². The minimum Gasteiger partial charge on any atom is -0.376 e. The zero-order chi connectivity index (χ0) is 13.8. The molecule has 3 nitrogen and oxygen atoms in total. The van der Waals surface area contributed by atoms with E-state index in [9.17, 15) is 0 Å². The molecule has 0 radical (unpaired) electrons. The summed E-state index contributed by atoms with van der Waals surface area (Å²) in [7, 11) is 0. The molecule has 20 heavy (non-hydrogen) atoms. The molecule has 0 saturated carbocycles. The van der Waals surface area contributed by atoms with Crippen molar-refractivity contribution < 1.29 is 4.74 Å². The Morgan fingerprint density at radius 3 is 3.10 bits per heavy atom. The Hall–Kier alpha value is -1.45. The highest BCUT2D eigenvalue weighted by atomic mass is 16.5. The van der Waals surface area contributed by atoms with E-state index in [2.05, 4.69) is 41.5 Å². The molecule has 1 saturated heterocycles. The van der Waals surface area contributed by atoms with Gasteiger partial charge < -0.3 is 10.1 Å². The minimum absolute atomic E-state index is 0.270. The molecule has 2 atom stereocenters. The minimum atomic E-state index is 0.270. The molecule has 1 fully saturated rings. The standard InChI is InChI=1S/C17H22N2O/c1-2-18-17(16-7-3-4-11-20-16)14-9-8-13-6-5-10-19-15(13)12-14/h5-6,8-10,12,16-18H,2-4,7,11H2,1H3. The highest BCUT2D eigenvalue weighted by molar-refractivity contribution is 5.79. The van der Waals surface area contributed by atoms with Crippen LogP contribution >= 0.6 is 0 Å². The SMILES string of the molecule is CCNC(c1ccc2cccnc2c1)C1CCCCO1. The van der Waals surface area contributed by atoms with Gasteiger partial charge in [-0.15, -0.1) is 0 Å². The number of nitrogens with zero attached hydrogens (tertiary/aromatic N) is 1. The van der Waals surface area contributed by atoms with Crippen LogP contribution < -0.4 is 5.32 Å². The molecule has 3 rings (SSSR count). The molecular formula is C17H22N2O. The van der Waals surface area contributed by atoms with Gasteiger partial charge in [0.05, 0.1) is 17.7 Å². The number of nitrogens with one attached hydrogen (secondary N) is 1. The summed E-state index contributed by atoms with van der Waals surface area (Å²) in [4.78, 5) is 4.46. The quantitative estimate of drug-likeness (QED) is 0.924. The average Bonchev–Trinajstić information content (AvgIpc) is 2.53. The van der Waals surface area contributed by atoms with Crippen LogP contribution in [0.5, 0.6) is 0 Å². The predicted octanol–water partition coefficient (Wildman–Crippen LogP) is 3.45. The smallest absolute Gasteiger partial charge is 0.0769 e. The Labute approximate surface area is 120 Å². The Bertz CT molecular complexity index is 564. The van der Waals surface area contributed by atoms with Gasteiger partial charge in [-0.1, -0.05) is 25.1 Å². The summed E-state index contributed by atoms with van der Waals surface area (Å²) in [5.74, 6) is 0. The Morgan fingerprint density at radius 2 is 2.30 bits per heavy atom. The molecule has 106 valence electrons. The molecule has 1 aliphatic heterocycles. The molecular weight excluding hydrogens is 248 g/mol. The van der Waals surface area contributed by atoms with Gasteiger partial charge in [-0.25, -0.2) is 0 Å². The second kappa shape index (κ2) is 6.33. The Kier molecular flexibility index (Phi) is 4.28. The van der Waals surface area contributed by atoms with Crippen molar-refractivity contribution in [3.8, 4) is 0 Å². The molecule has 2 unspecified atom stereocenters. The van der Waals surface area contributed by atoms with Crippen molar-refractivity contribution >= 4 is 10.9 Å². The number of hydrogen-bond acceptors (Lipinski definition) is 3. The predicted molar refractivity (Wildman–Crippen MR) is 81.8 cm³/mol. The Balaban J connectivity index is 1.91. The monoisotopic (exact) mass is 270 g/mol. The molecule has 1 N–H and O–H groups in total. The van der Waals surface area contributed by atoms with Gasteiger partial charge in [-0.2, -0.15) is 0 Å². The van der Waals surface area contributed by atoms with Crippen LogP contribution in [-0.2, 0) is 4.74 Å². The van der Waals surface area contributed by atoms with Gasteiger partial charge in [0, 0.05) is 18.2 Å². The highest BCUT2D eigenvalue weighted by Crippen LogP contribution is 2.28. The Morgan fingerprint density at radius 1 is 1.35 bits per heavy atom. The summed E-state index contributed by atoms with van der Waals surface area (Å²) < 4.78 is 5.98. The van der Waals surface area contributed by atoms with Gasteiger partial charge in [-0.05, 0) is 43.5 Å². The molecule has 0 aliphatic carbocycles. The number of hydrogen-bond donors (Lipinski definition) is 1. The van der Waals surface area contributed by atoms with E-state index in [-0.39, 0.29) is 12.1 Å². The van der Waals surface area contributed by atoms with E-state index in [1.165, 1.54) is 23.8 Å². The second-order valence-electron chi connectivity index (χ2n) is 5.40. The highest BCUT2D eigenvalue weighted by Gasteiger charge is 2.25. The van der Waals surface area contributed by atoms with Crippen molar-refractivity contribution in [3.05, 3.63) is 42.1 Å². The zero-order valence-corrected chi connectivity index (χ0v) is 12.0. The van der Waals surface area contributed by atoms with Crippen LogP contribution in [0.1, 0.15) is 37.8 Å². The summed E-state index contributed by atoms with van der Waals surface area (Å²) in [6, 6.07) is 10.9. The first kappa shape index (κ1) is 13.5. The molecule has 2 heterocycles. The van der Waals surface area contributed by atoms with E-state index >= 15 is 0 Å². The number of pyridine rings is 1. The van der Waals surface area contributed by atoms with Crippen molar-refractivity contribution in [2.24, 2.45) is 0 Å². The van der Waals surface area contributed by atoms with Crippen molar-refractivity contribution in [1.29, 1.82) is 0 Å². The van der Waals surface area contributed by atoms with E-state index in [0.717, 1.165) is 25.1 Å². The number of likely N-dealkylation sites (N-methyl/N-ethyl adjacent to an activating group) is 1.